The number of nitrogen functional groups attached to an aromatic ring is 1. The molecule has 2 saturated heterocycles. The highest BCUT2D eigenvalue weighted by atomic mass is 32.2. The molecule has 4 heterocycles. The molecular formula is C16H20N10O5S3. The molecule has 182 valence electrons. The second kappa shape index (κ2) is 9.71. The molecule has 4 N–H and O–H groups in total. The van der Waals surface area contributed by atoms with Crippen molar-refractivity contribution in [2.24, 2.45) is 17.6 Å². The van der Waals surface area contributed by atoms with Crippen molar-refractivity contribution < 1.29 is 24.3 Å². The number of carboxylic acids is 1. The highest BCUT2D eigenvalue weighted by molar-refractivity contribution is 8.00. The molecule has 0 aliphatic carbocycles. The minimum absolute atomic E-state index is 0.00596. The fourth-order valence-corrected chi connectivity index (χ4v) is 6.45. The van der Waals surface area contributed by atoms with Gasteiger partial charge in [0.2, 0.25) is 22.6 Å². The van der Waals surface area contributed by atoms with E-state index >= 15 is 0 Å². The molecule has 3 atom stereocenters. The number of hydrogen-bond donors (Lipinski definition) is 3. The third-order valence-electron chi connectivity index (χ3n) is 5.10. The van der Waals surface area contributed by atoms with Crippen LogP contribution in [0, 0.1) is 5.41 Å². The van der Waals surface area contributed by atoms with Gasteiger partial charge in [0.25, 0.3) is 5.91 Å². The number of nitrogens with one attached hydrogen (secondary N) is 1. The number of aryl methyl sites for hydroxylation is 1. The van der Waals surface area contributed by atoms with Gasteiger partial charge < -0.3 is 25.9 Å². The van der Waals surface area contributed by atoms with Crippen LogP contribution in [0.4, 0.5) is 5.13 Å². The van der Waals surface area contributed by atoms with Gasteiger partial charge in [-0.05, 0) is 17.4 Å². The van der Waals surface area contributed by atoms with Gasteiger partial charge in [-0.3, -0.25) is 14.4 Å². The lowest BCUT2D eigenvalue weighted by atomic mass is 9.89. The molecule has 2 aliphatic rings. The number of β-lactam (4-membered cyclic amide) rings is 1. The molecular weight excluding hydrogens is 508 g/mol. The summed E-state index contributed by atoms with van der Waals surface area (Å²) >= 11 is 3.40. The van der Waals surface area contributed by atoms with Crippen molar-refractivity contribution in [3.63, 3.8) is 0 Å². The van der Waals surface area contributed by atoms with Gasteiger partial charge in [-0.1, -0.05) is 16.9 Å². The van der Waals surface area contributed by atoms with E-state index < -0.39 is 28.7 Å². The number of amides is 2. The van der Waals surface area contributed by atoms with E-state index in [1.807, 2.05) is 0 Å². The quantitative estimate of drug-likeness (QED) is 0.149. The van der Waals surface area contributed by atoms with Gasteiger partial charge in [0.05, 0.1) is 0 Å². The Morgan fingerprint density at radius 2 is 2.26 bits per heavy atom. The maximum absolute atomic E-state index is 12.8. The molecule has 0 radical (unpaired) electrons. The van der Waals surface area contributed by atoms with Crippen LogP contribution >= 0.6 is 35.1 Å². The van der Waals surface area contributed by atoms with E-state index in [0.717, 1.165) is 11.5 Å². The van der Waals surface area contributed by atoms with Crippen molar-refractivity contribution in [1.82, 2.24) is 39.8 Å². The van der Waals surface area contributed by atoms with Crippen LogP contribution in [0.2, 0.25) is 0 Å². The Morgan fingerprint density at radius 3 is 2.88 bits per heavy atom. The Kier molecular flexibility index (Phi) is 6.89. The summed E-state index contributed by atoms with van der Waals surface area (Å²) in [6, 6.07) is -0.845. The zero-order valence-electron chi connectivity index (χ0n) is 17.9. The molecule has 0 saturated carbocycles. The molecule has 0 aromatic carbocycles. The molecule has 2 unspecified atom stereocenters. The number of rotatable bonds is 9. The van der Waals surface area contributed by atoms with Crippen molar-refractivity contribution >= 4 is 63.7 Å². The molecule has 15 nitrogen and oxygen atoms in total. The molecule has 2 amide bonds. The molecule has 0 spiro atoms. The Hall–Kier alpha value is -2.99. The van der Waals surface area contributed by atoms with E-state index in [9.17, 15) is 19.5 Å². The number of carbonyl (C=O) groups excluding carboxylic acids is 2. The lowest BCUT2D eigenvalue weighted by molar-refractivity contribution is -0.157. The van der Waals surface area contributed by atoms with Gasteiger partial charge in [-0.15, -0.1) is 16.9 Å². The number of fused-ring (bicyclic) bond motifs is 1. The molecule has 2 aliphatic heterocycles. The van der Waals surface area contributed by atoms with Crippen molar-refractivity contribution in [1.29, 1.82) is 0 Å². The summed E-state index contributed by atoms with van der Waals surface area (Å²) in [4.78, 5) is 48.3. The van der Waals surface area contributed by atoms with Crippen molar-refractivity contribution in [3.8, 4) is 0 Å². The van der Waals surface area contributed by atoms with Gasteiger partial charge in [0.15, 0.2) is 5.13 Å². The number of anilines is 1. The van der Waals surface area contributed by atoms with Gasteiger partial charge >= 0.3 is 5.97 Å². The molecule has 0 bridgehead atoms. The molecule has 2 aromatic heterocycles. The summed E-state index contributed by atoms with van der Waals surface area (Å²) in [7, 11) is 1.66. The van der Waals surface area contributed by atoms with Crippen LogP contribution < -0.4 is 11.1 Å². The van der Waals surface area contributed by atoms with Crippen molar-refractivity contribution in [2.45, 2.75) is 23.5 Å². The SMILES string of the molecule is CCON=C(C(=O)NC1C(=O)N2CC(CSc3nnnn3C)(C(=O)O)CS[C@H]12)c1nsc(N)n1. The van der Waals surface area contributed by atoms with E-state index in [0.29, 0.717) is 5.16 Å². The first-order valence-electron chi connectivity index (χ1n) is 9.87. The largest absolute Gasteiger partial charge is 0.481 e. The van der Waals surface area contributed by atoms with Crippen LogP contribution in [0.3, 0.4) is 0 Å². The Labute approximate surface area is 205 Å². The zero-order chi connectivity index (χ0) is 24.5. The topological polar surface area (TPSA) is 204 Å². The number of nitrogens with zero attached hydrogens (tertiary/aromatic N) is 8. The zero-order valence-corrected chi connectivity index (χ0v) is 20.4. The standard InChI is InChI=1S/C16H20N10O5S3/c1-3-31-21-7(9-19-14(17)34-22-9)10(27)18-8-11(28)26-4-16(13(29)30,5-32-12(8)26)6-33-15-20-23-24-25(15)2/h8,12H,3-6H2,1-2H3,(H,18,27)(H,29,30)(H2,17,19,22)/t8?,12-,16?/m1/s1. The smallest absolute Gasteiger partial charge is 0.313 e. The van der Waals surface area contributed by atoms with Gasteiger partial charge in [0.1, 0.15) is 23.4 Å². The minimum Gasteiger partial charge on any atom is -0.481 e. The Morgan fingerprint density at radius 1 is 1.47 bits per heavy atom. The maximum atomic E-state index is 12.8. The number of carbonyl (C=O) groups is 3. The van der Waals surface area contributed by atoms with Crippen LogP contribution in [0.15, 0.2) is 10.3 Å². The number of nitrogens with two attached hydrogens (primary N) is 1. The predicted molar refractivity (Wildman–Crippen MR) is 122 cm³/mol. The third-order valence-corrected chi connectivity index (χ3v) is 8.53. The fraction of sp³-hybridized carbons (Fsp3) is 0.562. The fourth-order valence-electron chi connectivity index (χ4n) is 3.31. The van der Waals surface area contributed by atoms with E-state index in [1.165, 1.54) is 33.1 Å². The number of tetrazole rings is 1. The molecule has 34 heavy (non-hydrogen) atoms. The van der Waals surface area contributed by atoms with Gasteiger partial charge in [-0.2, -0.15) is 9.36 Å². The summed E-state index contributed by atoms with van der Waals surface area (Å²) in [5, 5.41) is 27.7. The number of aromatic nitrogens is 6. The lowest BCUT2D eigenvalue weighted by Crippen LogP contribution is -2.74. The molecule has 2 aromatic rings. The van der Waals surface area contributed by atoms with Crippen LogP contribution in [-0.2, 0) is 26.3 Å². The minimum atomic E-state index is -1.19. The Bertz CT molecular complexity index is 1140. The third kappa shape index (κ3) is 4.51. The maximum Gasteiger partial charge on any atom is 0.313 e. The first-order valence-corrected chi connectivity index (χ1v) is 12.7. The van der Waals surface area contributed by atoms with Gasteiger partial charge in [-0.25, -0.2) is 4.68 Å². The van der Waals surface area contributed by atoms with E-state index in [-0.39, 0.29) is 47.2 Å². The number of thioether (sulfide) groups is 2. The molecule has 18 heteroatoms. The number of hydrogen-bond acceptors (Lipinski definition) is 14. The van der Waals surface area contributed by atoms with Crippen molar-refractivity contribution in [2.75, 3.05) is 30.4 Å². The second-order valence-electron chi connectivity index (χ2n) is 7.39. The average molecular weight is 529 g/mol. The van der Waals surface area contributed by atoms with Crippen molar-refractivity contribution in [3.05, 3.63) is 5.82 Å². The molecule has 4 rings (SSSR count). The summed E-state index contributed by atoms with van der Waals surface area (Å²) < 4.78 is 5.43. The van der Waals surface area contributed by atoms with Crippen LogP contribution in [-0.4, -0.2) is 99.1 Å². The second-order valence-corrected chi connectivity index (χ2v) is 10.2. The summed E-state index contributed by atoms with van der Waals surface area (Å²) in [5.74, 6) is -1.67. The predicted octanol–water partition coefficient (Wildman–Crippen LogP) is -1.35. The Balaban J connectivity index is 1.43. The summed E-state index contributed by atoms with van der Waals surface area (Å²) in [5.41, 5.74) is 4.21. The lowest BCUT2D eigenvalue weighted by Gasteiger charge is -2.53. The highest BCUT2D eigenvalue weighted by Crippen LogP contribution is 2.44. The first kappa shape index (κ1) is 24.1. The first-order chi connectivity index (χ1) is 16.3. The van der Waals surface area contributed by atoms with Crippen LogP contribution in [0.1, 0.15) is 12.7 Å². The van der Waals surface area contributed by atoms with Crippen LogP contribution in [0.5, 0.6) is 0 Å². The van der Waals surface area contributed by atoms with Gasteiger partial charge in [0, 0.05) is 36.6 Å². The normalized spacial score (nSPS) is 24.4. The average Bonchev–Trinajstić information content (AvgIpc) is 3.43. The number of aliphatic carboxylic acids is 1. The molecule has 2 fully saturated rings. The highest BCUT2D eigenvalue weighted by Gasteiger charge is 2.57. The monoisotopic (exact) mass is 528 g/mol. The summed E-state index contributed by atoms with van der Waals surface area (Å²) in [6.45, 7) is 1.92. The van der Waals surface area contributed by atoms with E-state index in [2.05, 4.69) is 35.4 Å². The van der Waals surface area contributed by atoms with E-state index in [4.69, 9.17) is 10.6 Å². The number of carboxylic acid groups (broad SMARTS) is 1. The van der Waals surface area contributed by atoms with Crippen LogP contribution in [0.25, 0.3) is 0 Å². The number of oxime groups is 1. The van der Waals surface area contributed by atoms with E-state index in [1.54, 1.807) is 14.0 Å². The summed E-state index contributed by atoms with van der Waals surface area (Å²) in [6.07, 6.45) is 0.